The molecule has 0 radical (unpaired) electrons. The second-order valence-electron chi connectivity index (χ2n) is 2.77. The highest BCUT2D eigenvalue weighted by Gasteiger charge is 1.98. The maximum absolute atomic E-state index is 10.8. The Balaban J connectivity index is 2.71. The van der Waals surface area contributed by atoms with Gasteiger partial charge in [0.05, 0.1) is 6.21 Å². The average Bonchev–Trinajstić information content (AvgIpc) is 2.09. The fourth-order valence-corrected chi connectivity index (χ4v) is 0.958. The van der Waals surface area contributed by atoms with Crippen LogP contribution in [-0.2, 0) is 11.2 Å². The van der Waals surface area contributed by atoms with Crippen LogP contribution in [0.5, 0.6) is 0 Å². The van der Waals surface area contributed by atoms with Crippen LogP contribution in [0.1, 0.15) is 11.1 Å². The Bertz CT molecular complexity index is 287. The second-order valence-corrected chi connectivity index (χ2v) is 2.77. The molecule has 2 nitrogen and oxygen atoms in total. The van der Waals surface area contributed by atoms with Gasteiger partial charge in [0.25, 0.3) is 0 Å². The minimum Gasteiger partial charge on any atom is -0.305 e. The predicted molar refractivity (Wildman–Crippen MR) is 48.7 cm³/mol. The van der Waals surface area contributed by atoms with Crippen molar-refractivity contribution in [2.45, 2.75) is 13.3 Å². The van der Waals surface area contributed by atoms with Gasteiger partial charge in [-0.05, 0) is 12.5 Å². The van der Waals surface area contributed by atoms with E-state index in [9.17, 15) is 4.79 Å². The first-order valence-corrected chi connectivity index (χ1v) is 3.81. The van der Waals surface area contributed by atoms with Gasteiger partial charge in [0, 0.05) is 6.42 Å². The number of ketones is 1. The summed E-state index contributed by atoms with van der Waals surface area (Å²) in [5.74, 6) is -0.154. The van der Waals surface area contributed by atoms with Crippen LogP contribution in [0.2, 0.25) is 0 Å². The third kappa shape index (κ3) is 2.31. The largest absolute Gasteiger partial charge is 0.305 e. The second kappa shape index (κ2) is 3.81. The molecule has 0 bridgehead atoms. The Morgan fingerprint density at radius 3 is 2.50 bits per heavy atom. The predicted octanol–water partition coefficient (Wildman–Crippen LogP) is 1.76. The molecule has 0 saturated heterocycles. The van der Waals surface area contributed by atoms with Gasteiger partial charge in [-0.3, -0.25) is 4.79 Å². The Hall–Kier alpha value is -1.44. The highest BCUT2D eigenvalue weighted by Crippen LogP contribution is 2.03. The van der Waals surface area contributed by atoms with E-state index in [-0.39, 0.29) is 5.78 Å². The van der Waals surface area contributed by atoms with E-state index < -0.39 is 0 Å². The monoisotopic (exact) mass is 161 g/mol. The summed E-state index contributed by atoms with van der Waals surface area (Å²) < 4.78 is 0. The zero-order chi connectivity index (χ0) is 8.97. The Kier molecular flexibility index (Phi) is 2.75. The van der Waals surface area contributed by atoms with Crippen molar-refractivity contribution in [1.29, 1.82) is 5.41 Å². The van der Waals surface area contributed by atoms with Crippen LogP contribution in [0, 0.1) is 12.3 Å². The fraction of sp³-hybridized carbons (Fsp3) is 0.200. The van der Waals surface area contributed by atoms with Gasteiger partial charge < -0.3 is 5.41 Å². The Morgan fingerprint density at radius 2 is 2.00 bits per heavy atom. The van der Waals surface area contributed by atoms with E-state index in [0.29, 0.717) is 6.42 Å². The number of hydrogen-bond donors (Lipinski definition) is 1. The number of benzene rings is 1. The van der Waals surface area contributed by atoms with Crippen molar-refractivity contribution in [2.24, 2.45) is 0 Å². The molecular weight excluding hydrogens is 150 g/mol. The van der Waals surface area contributed by atoms with Crippen LogP contribution >= 0.6 is 0 Å². The summed E-state index contributed by atoms with van der Waals surface area (Å²) in [4.78, 5) is 10.8. The number of rotatable bonds is 3. The van der Waals surface area contributed by atoms with E-state index in [2.05, 4.69) is 0 Å². The third-order valence-corrected chi connectivity index (χ3v) is 1.66. The molecule has 0 unspecified atom stereocenters. The summed E-state index contributed by atoms with van der Waals surface area (Å²) in [6, 6.07) is 7.76. The van der Waals surface area contributed by atoms with Gasteiger partial charge in [-0.2, -0.15) is 0 Å². The van der Waals surface area contributed by atoms with Crippen molar-refractivity contribution in [1.82, 2.24) is 0 Å². The topological polar surface area (TPSA) is 40.9 Å². The molecule has 0 fully saturated rings. The zero-order valence-electron chi connectivity index (χ0n) is 7.00. The lowest BCUT2D eigenvalue weighted by atomic mass is 10.1. The third-order valence-electron chi connectivity index (χ3n) is 1.66. The van der Waals surface area contributed by atoms with Gasteiger partial charge in [-0.25, -0.2) is 0 Å². The zero-order valence-corrected chi connectivity index (χ0v) is 7.00. The van der Waals surface area contributed by atoms with Gasteiger partial charge >= 0.3 is 0 Å². The average molecular weight is 161 g/mol. The molecule has 0 aliphatic rings. The Labute approximate surface area is 71.7 Å². The molecule has 1 rings (SSSR count). The molecule has 0 aliphatic carbocycles. The highest BCUT2D eigenvalue weighted by molar-refractivity contribution is 6.26. The van der Waals surface area contributed by atoms with E-state index in [0.717, 1.165) is 11.8 Å². The molecule has 62 valence electrons. The molecule has 0 heterocycles. The van der Waals surface area contributed by atoms with Crippen LogP contribution in [0.4, 0.5) is 0 Å². The standard InChI is InChI=1S/C10H11NO/c1-8-2-4-9(5-3-8)6-10(12)7-11/h2-5,7,11H,6H2,1H3. The lowest BCUT2D eigenvalue weighted by Gasteiger charge is -1.97. The van der Waals surface area contributed by atoms with Crippen LogP contribution in [0.25, 0.3) is 0 Å². The van der Waals surface area contributed by atoms with Gasteiger partial charge in [0.1, 0.15) is 0 Å². The smallest absolute Gasteiger partial charge is 0.177 e. The van der Waals surface area contributed by atoms with E-state index in [4.69, 9.17) is 5.41 Å². The first kappa shape index (κ1) is 8.65. The van der Waals surface area contributed by atoms with Crippen molar-refractivity contribution < 1.29 is 4.79 Å². The molecule has 0 atom stereocenters. The maximum Gasteiger partial charge on any atom is 0.177 e. The number of hydrogen-bond acceptors (Lipinski definition) is 2. The van der Waals surface area contributed by atoms with Gasteiger partial charge in [0.2, 0.25) is 0 Å². The van der Waals surface area contributed by atoms with Crippen molar-refractivity contribution in [3.8, 4) is 0 Å². The van der Waals surface area contributed by atoms with Crippen LogP contribution < -0.4 is 0 Å². The molecule has 1 N–H and O–H groups in total. The SMILES string of the molecule is Cc1ccc(CC(=O)C=N)cc1. The first-order valence-electron chi connectivity index (χ1n) is 3.81. The minimum atomic E-state index is -0.154. The summed E-state index contributed by atoms with van der Waals surface area (Å²) in [7, 11) is 0. The summed E-state index contributed by atoms with van der Waals surface area (Å²) in [5, 5.41) is 6.73. The van der Waals surface area contributed by atoms with E-state index in [1.54, 1.807) is 0 Å². The number of Topliss-reactive ketones (excluding diaryl/α,β-unsaturated/α-hetero) is 1. The molecule has 1 aromatic carbocycles. The maximum atomic E-state index is 10.8. The normalized spacial score (nSPS) is 9.42. The number of carbonyl (C=O) groups is 1. The molecule has 0 aliphatic heterocycles. The molecule has 0 amide bonds. The number of aryl methyl sites for hydroxylation is 1. The van der Waals surface area contributed by atoms with Crippen molar-refractivity contribution in [3.63, 3.8) is 0 Å². The van der Waals surface area contributed by atoms with E-state index in [1.807, 2.05) is 31.2 Å². The van der Waals surface area contributed by atoms with Gasteiger partial charge in [-0.15, -0.1) is 0 Å². The van der Waals surface area contributed by atoms with Crippen LogP contribution in [0.15, 0.2) is 24.3 Å². The quantitative estimate of drug-likeness (QED) is 0.674. The summed E-state index contributed by atoms with van der Waals surface area (Å²) in [5.41, 5.74) is 2.15. The molecule has 2 heteroatoms. The molecule has 12 heavy (non-hydrogen) atoms. The van der Waals surface area contributed by atoms with E-state index in [1.165, 1.54) is 5.56 Å². The molecule has 0 saturated carbocycles. The lowest BCUT2D eigenvalue weighted by Crippen LogP contribution is -2.02. The number of carbonyl (C=O) groups excluding carboxylic acids is 1. The van der Waals surface area contributed by atoms with Gasteiger partial charge in [0.15, 0.2) is 5.78 Å². The molecule has 1 aromatic rings. The molecule has 0 spiro atoms. The minimum absolute atomic E-state index is 0.154. The summed E-state index contributed by atoms with van der Waals surface area (Å²) in [6.07, 6.45) is 1.20. The summed E-state index contributed by atoms with van der Waals surface area (Å²) in [6.45, 7) is 2.00. The highest BCUT2D eigenvalue weighted by atomic mass is 16.1. The van der Waals surface area contributed by atoms with Crippen LogP contribution in [-0.4, -0.2) is 12.0 Å². The van der Waals surface area contributed by atoms with E-state index >= 15 is 0 Å². The number of nitrogens with one attached hydrogen (secondary N) is 1. The molecule has 0 aromatic heterocycles. The Morgan fingerprint density at radius 1 is 1.42 bits per heavy atom. The first-order chi connectivity index (χ1) is 5.72. The summed E-state index contributed by atoms with van der Waals surface area (Å²) >= 11 is 0. The van der Waals surface area contributed by atoms with Crippen molar-refractivity contribution in [2.75, 3.05) is 0 Å². The molecular formula is C10H11NO. The van der Waals surface area contributed by atoms with Crippen molar-refractivity contribution in [3.05, 3.63) is 35.4 Å². The van der Waals surface area contributed by atoms with Crippen LogP contribution in [0.3, 0.4) is 0 Å². The fourth-order valence-electron chi connectivity index (χ4n) is 0.958. The van der Waals surface area contributed by atoms with Gasteiger partial charge in [-0.1, -0.05) is 29.8 Å². The lowest BCUT2D eigenvalue weighted by molar-refractivity contribution is -0.112. The van der Waals surface area contributed by atoms with Crippen molar-refractivity contribution >= 4 is 12.0 Å².